The van der Waals surface area contributed by atoms with Crippen molar-refractivity contribution in [2.45, 2.75) is 123 Å². The van der Waals surface area contributed by atoms with Gasteiger partial charge >= 0.3 is 18.3 Å². The van der Waals surface area contributed by atoms with Crippen molar-refractivity contribution in [2.24, 2.45) is 0 Å². The molecule has 6 heterocycles. The Hall–Kier alpha value is -5.51. The number of methoxy groups -OCH3 is 1. The van der Waals surface area contributed by atoms with E-state index in [1.165, 1.54) is 7.11 Å². The lowest BCUT2D eigenvalue weighted by Crippen LogP contribution is -2.40. The Balaban J connectivity index is 1.53. The summed E-state index contributed by atoms with van der Waals surface area (Å²) in [5, 5.41) is 0. The van der Waals surface area contributed by atoms with Crippen LogP contribution in [-0.4, -0.2) is 62.4 Å². The zero-order valence-electron chi connectivity index (χ0n) is 35.7. The Bertz CT molecular complexity index is 2540. The number of amides is 2. The first-order valence-corrected chi connectivity index (χ1v) is 20.7. The first-order valence-electron chi connectivity index (χ1n) is 20.7. The number of carbonyl (C=O) groups excluding carboxylic acids is 3. The Morgan fingerprint density at radius 1 is 0.839 bits per heavy atom. The van der Waals surface area contributed by atoms with Gasteiger partial charge in [0.25, 0.3) is 11.8 Å². The van der Waals surface area contributed by atoms with E-state index >= 15 is 0 Å². The lowest BCUT2D eigenvalue weighted by Gasteiger charge is -2.27. The van der Waals surface area contributed by atoms with Crippen molar-refractivity contribution in [3.05, 3.63) is 104 Å². The molecule has 62 heavy (non-hydrogen) atoms. The number of carbonyl (C=O) groups is 3. The van der Waals surface area contributed by atoms with E-state index in [2.05, 4.69) is 23.8 Å². The van der Waals surface area contributed by atoms with Crippen LogP contribution in [0.4, 0.5) is 26.3 Å². The number of hydrogen-bond donors (Lipinski definition) is 2. The topological polar surface area (TPSA) is 130 Å². The Morgan fingerprint density at radius 2 is 1.47 bits per heavy atom. The van der Waals surface area contributed by atoms with Crippen molar-refractivity contribution in [3.63, 3.8) is 0 Å². The van der Waals surface area contributed by atoms with Crippen LogP contribution in [0.2, 0.25) is 0 Å². The molecule has 8 bridgehead atoms. The smallest absolute Gasteiger partial charge is 0.416 e. The van der Waals surface area contributed by atoms with Gasteiger partial charge in [-0.25, -0.2) is 4.98 Å². The van der Waals surface area contributed by atoms with Crippen LogP contribution in [0, 0.1) is 6.92 Å². The first kappa shape index (κ1) is 44.5. The molecule has 2 N–H and O–H groups in total. The van der Waals surface area contributed by atoms with Crippen LogP contribution < -0.4 is 0 Å². The van der Waals surface area contributed by atoms with Gasteiger partial charge in [-0.3, -0.25) is 24.3 Å². The molecule has 3 unspecified atom stereocenters. The molecule has 0 saturated heterocycles. The van der Waals surface area contributed by atoms with E-state index in [-0.39, 0.29) is 59.2 Å². The number of esters is 1. The van der Waals surface area contributed by atoms with E-state index in [4.69, 9.17) is 19.4 Å². The van der Waals surface area contributed by atoms with Crippen LogP contribution in [-0.2, 0) is 33.2 Å². The summed E-state index contributed by atoms with van der Waals surface area (Å²) in [7, 11) is 1.25. The highest BCUT2D eigenvalue weighted by molar-refractivity contribution is 6.23. The summed E-state index contributed by atoms with van der Waals surface area (Å²) in [6, 6.07) is 6.71. The van der Waals surface area contributed by atoms with Gasteiger partial charge in [0, 0.05) is 64.9 Å². The fraction of sp³-hybridized carbons (Fsp3) is 0.457. The maximum Gasteiger partial charge on any atom is 0.416 e. The molecule has 4 aliphatic rings. The van der Waals surface area contributed by atoms with Crippen LogP contribution in [0.3, 0.4) is 0 Å². The van der Waals surface area contributed by atoms with Gasteiger partial charge in [0.2, 0.25) is 0 Å². The molecule has 0 saturated carbocycles. The van der Waals surface area contributed by atoms with Gasteiger partial charge in [0.1, 0.15) is 0 Å². The molecule has 16 heteroatoms. The number of unbranched alkanes of at least 4 members (excludes halogenated alkanes) is 1. The standard InChI is InChI=1S/C46H49F6N5O5/c1-9-10-13-62-26(7)38-24(5)34-18-33-23(4)30(11-12-37(58)61-8)41(55-33)40-42-39(25(6)35(56-42)17-31-21(2)22(3)32(53-31)19-36(38)54-34)43(59)57(44(40)60)20-27-14-28(45(47,48)49)16-29(15-27)46(50,51)52/h14-19,21-23,26,30,53,56H,9-13,20H2,1-8H3/t21?,22?,23-,26?,30-/m0/s1. The number of benzene rings is 1. The molecule has 5 atom stereocenters. The number of allylic oxidation sites excluding steroid dienone is 1. The molecule has 0 radical (unpaired) electrons. The number of hydrogen-bond acceptors (Lipinski definition) is 7. The third-order valence-corrected chi connectivity index (χ3v) is 12.7. The average molecular weight is 866 g/mol. The van der Waals surface area contributed by atoms with Crippen molar-refractivity contribution in [3.8, 4) is 0 Å². The molecule has 3 aromatic rings. The predicted octanol–water partition coefficient (Wildman–Crippen LogP) is 11.1. The number of H-pyrrole nitrogens is 2. The second-order valence-corrected chi connectivity index (χ2v) is 16.7. The molecule has 330 valence electrons. The molecular weight excluding hydrogens is 817 g/mol. The Labute approximate surface area is 354 Å². The van der Waals surface area contributed by atoms with Crippen LogP contribution in [0.25, 0.3) is 22.2 Å². The number of ether oxygens (including phenoxy) is 2. The Morgan fingerprint density at radius 3 is 2.08 bits per heavy atom. The van der Waals surface area contributed by atoms with Crippen molar-refractivity contribution < 1.29 is 50.2 Å². The third-order valence-electron chi connectivity index (χ3n) is 12.7. The fourth-order valence-corrected chi connectivity index (χ4v) is 8.86. The van der Waals surface area contributed by atoms with Crippen molar-refractivity contribution in [1.82, 2.24) is 24.8 Å². The summed E-state index contributed by atoms with van der Waals surface area (Å²) >= 11 is 0. The van der Waals surface area contributed by atoms with E-state index in [9.17, 15) is 40.7 Å². The van der Waals surface area contributed by atoms with E-state index in [1.807, 2.05) is 45.9 Å². The van der Waals surface area contributed by atoms with Crippen molar-refractivity contribution in [2.75, 3.05) is 13.7 Å². The number of halogens is 6. The number of imide groups is 1. The SMILES string of the molecule is CCCCOC(C)C1=C(C)c2cc3nc(c4c5[nH]c(cc6[nH]c(cc1n2)C(C)C6C)c(C)c5C(=O)N(Cc1cc(C(F)(F)F)cc(C(F)(F)F)c1)C4=O)[C@@H](CCC(=O)OC)[C@@H]3C. The zero-order valence-corrected chi connectivity index (χ0v) is 35.7. The normalized spacial score (nSPS) is 20.2. The van der Waals surface area contributed by atoms with Gasteiger partial charge in [-0.2, -0.15) is 26.3 Å². The van der Waals surface area contributed by atoms with Crippen LogP contribution in [0.5, 0.6) is 0 Å². The third kappa shape index (κ3) is 8.13. The summed E-state index contributed by atoms with van der Waals surface area (Å²) in [5.74, 6) is -3.51. The number of aromatic nitrogens is 4. The van der Waals surface area contributed by atoms with Gasteiger partial charge in [0.15, 0.2) is 0 Å². The van der Waals surface area contributed by atoms with Crippen LogP contribution in [0.15, 0.2) is 36.4 Å². The maximum absolute atomic E-state index is 15.0. The highest BCUT2D eigenvalue weighted by atomic mass is 19.4. The monoisotopic (exact) mass is 865 g/mol. The maximum atomic E-state index is 15.0. The van der Waals surface area contributed by atoms with E-state index in [0.717, 1.165) is 41.1 Å². The number of aromatic amines is 2. The molecule has 10 nitrogen and oxygen atoms in total. The van der Waals surface area contributed by atoms with Crippen molar-refractivity contribution in [1.29, 1.82) is 0 Å². The number of aryl methyl sites for hydroxylation is 1. The molecule has 0 spiro atoms. The van der Waals surface area contributed by atoms with Crippen LogP contribution >= 0.6 is 0 Å². The number of rotatable bonds is 10. The Kier molecular flexibility index (Phi) is 12.0. The van der Waals surface area contributed by atoms with E-state index in [0.29, 0.717) is 46.1 Å². The zero-order chi connectivity index (χ0) is 45.2. The van der Waals surface area contributed by atoms with Crippen LogP contribution in [0.1, 0.15) is 168 Å². The van der Waals surface area contributed by atoms with Gasteiger partial charge in [-0.05, 0) is 86.7 Å². The summed E-state index contributed by atoms with van der Waals surface area (Å²) in [6.45, 7) is 13.4. The molecule has 4 aliphatic heterocycles. The fourth-order valence-electron chi connectivity index (χ4n) is 8.86. The largest absolute Gasteiger partial charge is 0.469 e. The van der Waals surface area contributed by atoms with E-state index < -0.39 is 65.2 Å². The second-order valence-electron chi connectivity index (χ2n) is 16.7. The van der Waals surface area contributed by atoms with Gasteiger partial charge < -0.3 is 19.4 Å². The molecule has 7 rings (SSSR count). The van der Waals surface area contributed by atoms with Crippen molar-refractivity contribution >= 4 is 40.0 Å². The molecule has 0 fully saturated rings. The van der Waals surface area contributed by atoms with Gasteiger partial charge in [-0.15, -0.1) is 0 Å². The molecule has 1 aromatic carbocycles. The first-order chi connectivity index (χ1) is 29.1. The lowest BCUT2D eigenvalue weighted by atomic mass is 9.84. The quantitative estimate of drug-likeness (QED) is 0.0898. The summed E-state index contributed by atoms with van der Waals surface area (Å²) in [5.41, 5.74) is 2.70. The molecule has 2 amide bonds. The predicted molar refractivity (Wildman–Crippen MR) is 220 cm³/mol. The minimum atomic E-state index is -5.16. The highest BCUT2D eigenvalue weighted by Crippen LogP contribution is 2.46. The minimum Gasteiger partial charge on any atom is -0.469 e. The average Bonchev–Trinajstić information content (AvgIpc) is 3.88. The molecule has 0 aliphatic carbocycles. The number of nitrogens with one attached hydrogen (secondary N) is 2. The highest BCUT2D eigenvalue weighted by Gasteiger charge is 2.43. The molecule has 2 aromatic heterocycles. The summed E-state index contributed by atoms with van der Waals surface area (Å²) in [6.07, 6.45) is -8.69. The second kappa shape index (κ2) is 16.6. The van der Waals surface area contributed by atoms with E-state index in [1.54, 1.807) is 6.92 Å². The number of nitrogens with zero attached hydrogens (tertiary/aromatic N) is 3. The summed E-state index contributed by atoms with van der Waals surface area (Å²) in [4.78, 5) is 59.8. The van der Waals surface area contributed by atoms with Gasteiger partial charge in [0.05, 0.1) is 64.6 Å². The molecular formula is C46H49F6N5O5. The number of alkyl halides is 6. The number of fused-ring (bicyclic) bond motifs is 8. The lowest BCUT2D eigenvalue weighted by molar-refractivity contribution is -0.143. The summed E-state index contributed by atoms with van der Waals surface area (Å²) < 4.78 is 95.2. The van der Waals surface area contributed by atoms with Gasteiger partial charge in [-0.1, -0.05) is 34.1 Å². The minimum absolute atomic E-state index is 0.00293.